The lowest BCUT2D eigenvalue weighted by Gasteiger charge is -2.20. The molecule has 4 nitrogen and oxygen atoms in total. The minimum Gasteiger partial charge on any atom is -0.462 e. The Hall–Kier alpha value is -2.39. The summed E-state index contributed by atoms with van der Waals surface area (Å²) < 4.78 is 18.3. The molecule has 3 rings (SSSR count). The number of thioether (sulfide) groups is 1. The van der Waals surface area contributed by atoms with Crippen LogP contribution in [0.2, 0.25) is 0 Å². The molecule has 1 aromatic heterocycles. The van der Waals surface area contributed by atoms with Gasteiger partial charge in [-0.05, 0) is 55.9 Å². The van der Waals surface area contributed by atoms with Crippen molar-refractivity contribution in [3.8, 4) is 6.07 Å². The van der Waals surface area contributed by atoms with Gasteiger partial charge in [0.15, 0.2) is 0 Å². The second-order valence-electron chi connectivity index (χ2n) is 6.05. The quantitative estimate of drug-likeness (QED) is 0.575. The molecule has 2 aromatic rings. The van der Waals surface area contributed by atoms with Crippen LogP contribution in [0.3, 0.4) is 0 Å². The number of rotatable bonds is 5. The molecule has 0 atom stereocenters. The van der Waals surface area contributed by atoms with Gasteiger partial charge in [-0.2, -0.15) is 5.26 Å². The molecule has 0 unspecified atom stereocenters. The highest BCUT2D eigenvalue weighted by Gasteiger charge is 2.27. The van der Waals surface area contributed by atoms with Crippen molar-refractivity contribution in [1.82, 2.24) is 4.98 Å². The zero-order valence-electron chi connectivity index (χ0n) is 14.5. The topological polar surface area (TPSA) is 63.0 Å². The number of ether oxygens (including phenoxy) is 1. The molecule has 0 fully saturated rings. The average molecular weight is 370 g/mol. The third-order valence-electron chi connectivity index (χ3n) is 4.32. The second-order valence-corrected chi connectivity index (χ2v) is 7.01. The van der Waals surface area contributed by atoms with Crippen LogP contribution in [0.4, 0.5) is 4.39 Å². The van der Waals surface area contributed by atoms with E-state index >= 15 is 0 Å². The van der Waals surface area contributed by atoms with E-state index in [2.05, 4.69) is 11.1 Å². The standard InChI is InChI=1S/C20H19FN2O2S/c1-2-25-20(24)18-15-5-3-4-6-17(15)23-19(16(18)11-22)26-12-13-7-9-14(21)10-8-13/h7-10H,2-6,12H2,1H3. The lowest BCUT2D eigenvalue weighted by atomic mass is 9.90. The van der Waals surface area contributed by atoms with E-state index in [9.17, 15) is 14.4 Å². The van der Waals surface area contributed by atoms with Gasteiger partial charge >= 0.3 is 5.97 Å². The van der Waals surface area contributed by atoms with Crippen LogP contribution >= 0.6 is 11.8 Å². The Kier molecular flexibility index (Phi) is 5.89. The van der Waals surface area contributed by atoms with E-state index in [0.717, 1.165) is 42.5 Å². The SMILES string of the molecule is CCOC(=O)c1c(C#N)c(SCc2ccc(F)cc2)nc2c1CCCC2. The molecular weight excluding hydrogens is 351 g/mol. The van der Waals surface area contributed by atoms with Gasteiger partial charge in [-0.15, -0.1) is 11.8 Å². The summed E-state index contributed by atoms with van der Waals surface area (Å²) in [5, 5.41) is 10.2. The highest BCUT2D eigenvalue weighted by Crippen LogP contribution is 2.33. The Morgan fingerprint density at radius 3 is 2.73 bits per heavy atom. The van der Waals surface area contributed by atoms with Crippen molar-refractivity contribution in [2.75, 3.05) is 6.61 Å². The number of aryl methyl sites for hydroxylation is 1. The van der Waals surface area contributed by atoms with Gasteiger partial charge in [-0.1, -0.05) is 12.1 Å². The van der Waals surface area contributed by atoms with Crippen LogP contribution < -0.4 is 0 Å². The van der Waals surface area contributed by atoms with E-state index in [0.29, 0.717) is 16.3 Å². The van der Waals surface area contributed by atoms with Crippen molar-refractivity contribution in [2.24, 2.45) is 0 Å². The van der Waals surface area contributed by atoms with Crippen molar-refractivity contribution in [1.29, 1.82) is 5.26 Å². The van der Waals surface area contributed by atoms with Crippen LogP contribution in [-0.2, 0) is 23.3 Å². The molecule has 26 heavy (non-hydrogen) atoms. The Balaban J connectivity index is 1.98. The van der Waals surface area contributed by atoms with Gasteiger partial charge < -0.3 is 4.74 Å². The van der Waals surface area contributed by atoms with Crippen LogP contribution in [-0.4, -0.2) is 17.6 Å². The smallest absolute Gasteiger partial charge is 0.339 e. The van der Waals surface area contributed by atoms with Crippen LogP contribution in [0.15, 0.2) is 29.3 Å². The summed E-state index contributed by atoms with van der Waals surface area (Å²) in [6.45, 7) is 2.01. The van der Waals surface area contributed by atoms with E-state index < -0.39 is 5.97 Å². The van der Waals surface area contributed by atoms with Gasteiger partial charge in [-0.25, -0.2) is 14.2 Å². The number of hydrogen-bond acceptors (Lipinski definition) is 5. The fourth-order valence-corrected chi connectivity index (χ4v) is 4.05. The molecule has 0 aliphatic heterocycles. The zero-order chi connectivity index (χ0) is 18.5. The summed E-state index contributed by atoms with van der Waals surface area (Å²) in [6.07, 6.45) is 3.55. The van der Waals surface area contributed by atoms with E-state index in [-0.39, 0.29) is 18.0 Å². The van der Waals surface area contributed by atoms with E-state index in [1.807, 2.05) is 0 Å². The van der Waals surface area contributed by atoms with Gasteiger partial charge in [0.1, 0.15) is 16.9 Å². The first-order valence-electron chi connectivity index (χ1n) is 8.64. The van der Waals surface area contributed by atoms with Crippen molar-refractivity contribution < 1.29 is 13.9 Å². The number of carbonyl (C=O) groups excluding carboxylic acids is 1. The number of esters is 1. The maximum Gasteiger partial charge on any atom is 0.339 e. The molecule has 0 N–H and O–H groups in total. The number of hydrogen-bond donors (Lipinski definition) is 0. The largest absolute Gasteiger partial charge is 0.462 e. The monoisotopic (exact) mass is 370 g/mol. The summed E-state index contributed by atoms with van der Waals surface area (Å²) in [4.78, 5) is 17.2. The summed E-state index contributed by atoms with van der Waals surface area (Å²) in [6, 6.07) is 8.39. The molecule has 0 saturated carbocycles. The van der Waals surface area contributed by atoms with E-state index in [1.54, 1.807) is 19.1 Å². The predicted molar refractivity (Wildman–Crippen MR) is 97.5 cm³/mol. The van der Waals surface area contributed by atoms with Gasteiger partial charge in [0.05, 0.1) is 17.7 Å². The average Bonchev–Trinajstić information content (AvgIpc) is 2.66. The number of fused-ring (bicyclic) bond motifs is 1. The highest BCUT2D eigenvalue weighted by atomic mass is 32.2. The molecule has 0 amide bonds. The predicted octanol–water partition coefficient (Wildman–Crippen LogP) is 4.44. The maximum absolute atomic E-state index is 13.1. The van der Waals surface area contributed by atoms with Gasteiger partial charge in [0.2, 0.25) is 0 Å². The number of nitriles is 1. The van der Waals surface area contributed by atoms with Crippen molar-refractivity contribution in [3.63, 3.8) is 0 Å². The third kappa shape index (κ3) is 3.88. The first kappa shape index (κ1) is 18.4. The van der Waals surface area contributed by atoms with E-state index in [4.69, 9.17) is 4.74 Å². The van der Waals surface area contributed by atoms with Gasteiger partial charge in [0.25, 0.3) is 0 Å². The van der Waals surface area contributed by atoms with Gasteiger partial charge in [0, 0.05) is 11.4 Å². The summed E-state index contributed by atoms with van der Waals surface area (Å²) in [5.74, 6) is -0.190. The summed E-state index contributed by atoms with van der Waals surface area (Å²) >= 11 is 1.39. The number of pyridine rings is 1. The van der Waals surface area contributed by atoms with Crippen LogP contribution in [0.25, 0.3) is 0 Å². The van der Waals surface area contributed by atoms with Crippen LogP contribution in [0.5, 0.6) is 0 Å². The summed E-state index contributed by atoms with van der Waals surface area (Å²) in [7, 11) is 0. The Bertz CT molecular complexity index is 860. The minimum atomic E-state index is -0.451. The summed E-state index contributed by atoms with van der Waals surface area (Å²) in [5.41, 5.74) is 3.34. The molecule has 0 radical (unpaired) electrons. The Labute approximate surface area is 156 Å². The normalized spacial score (nSPS) is 13.0. The molecule has 1 heterocycles. The highest BCUT2D eigenvalue weighted by molar-refractivity contribution is 7.98. The Morgan fingerprint density at radius 1 is 1.31 bits per heavy atom. The molecule has 0 spiro atoms. The number of nitrogens with zero attached hydrogens (tertiary/aromatic N) is 2. The molecule has 1 aliphatic rings. The van der Waals surface area contributed by atoms with Crippen LogP contribution in [0.1, 0.15) is 52.5 Å². The van der Waals surface area contributed by atoms with Crippen LogP contribution in [0, 0.1) is 17.1 Å². The number of halogens is 1. The molecule has 0 bridgehead atoms. The molecular formula is C20H19FN2O2S. The lowest BCUT2D eigenvalue weighted by Crippen LogP contribution is -2.18. The first-order valence-corrected chi connectivity index (χ1v) is 9.62. The Morgan fingerprint density at radius 2 is 2.04 bits per heavy atom. The van der Waals surface area contributed by atoms with Crippen molar-refractivity contribution >= 4 is 17.7 Å². The fourth-order valence-electron chi connectivity index (χ4n) is 3.09. The third-order valence-corrected chi connectivity index (χ3v) is 5.37. The first-order chi connectivity index (χ1) is 12.6. The minimum absolute atomic E-state index is 0.263. The number of carbonyl (C=O) groups is 1. The second kappa shape index (κ2) is 8.33. The molecule has 1 aromatic carbocycles. The lowest BCUT2D eigenvalue weighted by molar-refractivity contribution is 0.0523. The molecule has 134 valence electrons. The fraction of sp³-hybridized carbons (Fsp3) is 0.350. The number of aromatic nitrogens is 1. The van der Waals surface area contributed by atoms with E-state index in [1.165, 1.54) is 23.9 Å². The van der Waals surface area contributed by atoms with Gasteiger partial charge in [-0.3, -0.25) is 0 Å². The molecule has 6 heteroatoms. The zero-order valence-corrected chi connectivity index (χ0v) is 15.4. The van der Waals surface area contributed by atoms with Crippen molar-refractivity contribution in [2.45, 2.75) is 43.4 Å². The molecule has 0 saturated heterocycles. The van der Waals surface area contributed by atoms with Crippen molar-refractivity contribution in [3.05, 3.63) is 58.0 Å². The number of benzene rings is 1. The maximum atomic E-state index is 13.1. The molecule has 1 aliphatic carbocycles.